The van der Waals surface area contributed by atoms with Crippen LogP contribution >= 0.6 is 0 Å². The lowest BCUT2D eigenvalue weighted by Crippen LogP contribution is -2.23. The van der Waals surface area contributed by atoms with Crippen molar-refractivity contribution < 1.29 is 4.79 Å². The number of aromatic nitrogens is 2. The Morgan fingerprint density at radius 3 is 2.65 bits per heavy atom. The number of carbonyl (C=O) groups is 1. The Morgan fingerprint density at radius 1 is 1.24 bits per heavy atom. The van der Waals surface area contributed by atoms with Crippen molar-refractivity contribution >= 4 is 11.6 Å². The number of hydrogen-bond acceptors (Lipinski definition) is 4. The molecule has 0 atom stereocenters. The highest BCUT2D eigenvalue weighted by Gasteiger charge is 2.04. The van der Waals surface area contributed by atoms with Crippen molar-refractivity contribution in [3.05, 3.63) is 54.1 Å². The summed E-state index contributed by atoms with van der Waals surface area (Å²) in [6.07, 6.45) is 4.79. The fraction of sp³-hybridized carbons (Fsp3) is 0.0833. The first-order valence-corrected chi connectivity index (χ1v) is 5.14. The minimum atomic E-state index is -0.157. The van der Waals surface area contributed by atoms with Crippen molar-refractivity contribution in [2.45, 2.75) is 6.54 Å². The molecule has 0 unspecified atom stereocenters. The van der Waals surface area contributed by atoms with Gasteiger partial charge in [0.25, 0.3) is 5.91 Å². The quantitative estimate of drug-likeness (QED) is 0.767. The predicted octanol–water partition coefficient (Wildman–Crippen LogP) is 0.989. The van der Waals surface area contributed by atoms with E-state index in [0.29, 0.717) is 17.8 Å². The highest BCUT2D eigenvalue weighted by atomic mass is 16.1. The predicted molar refractivity (Wildman–Crippen MR) is 64.1 cm³/mol. The van der Waals surface area contributed by atoms with Crippen LogP contribution in [0.4, 0.5) is 5.69 Å². The highest BCUT2D eigenvalue weighted by Crippen LogP contribution is 2.05. The molecule has 0 saturated heterocycles. The van der Waals surface area contributed by atoms with Crippen molar-refractivity contribution in [3.63, 3.8) is 0 Å². The monoisotopic (exact) mass is 228 g/mol. The van der Waals surface area contributed by atoms with E-state index in [2.05, 4.69) is 15.3 Å². The molecule has 3 N–H and O–H groups in total. The third kappa shape index (κ3) is 3.01. The van der Waals surface area contributed by atoms with Gasteiger partial charge >= 0.3 is 0 Å². The van der Waals surface area contributed by atoms with Crippen molar-refractivity contribution in [2.24, 2.45) is 0 Å². The van der Waals surface area contributed by atoms with E-state index in [4.69, 9.17) is 5.73 Å². The fourth-order valence-corrected chi connectivity index (χ4v) is 1.33. The average molecular weight is 228 g/mol. The van der Waals surface area contributed by atoms with E-state index in [1.807, 2.05) is 0 Å². The molecule has 86 valence electrons. The van der Waals surface area contributed by atoms with E-state index in [0.717, 1.165) is 5.69 Å². The van der Waals surface area contributed by atoms with Crippen molar-refractivity contribution in [3.8, 4) is 0 Å². The summed E-state index contributed by atoms with van der Waals surface area (Å²) in [7, 11) is 0. The SMILES string of the molecule is Nc1ccc(C(=O)NCc2cnccn2)cc1. The molecule has 1 aromatic carbocycles. The molecule has 0 spiro atoms. The van der Waals surface area contributed by atoms with E-state index in [-0.39, 0.29) is 5.91 Å². The number of hydrogen-bond donors (Lipinski definition) is 2. The van der Waals surface area contributed by atoms with Gasteiger partial charge in [-0.05, 0) is 24.3 Å². The Bertz CT molecular complexity index is 496. The van der Waals surface area contributed by atoms with Crippen LogP contribution in [-0.2, 0) is 6.54 Å². The van der Waals surface area contributed by atoms with Gasteiger partial charge < -0.3 is 11.1 Å². The molecule has 5 nitrogen and oxygen atoms in total. The van der Waals surface area contributed by atoms with Crippen LogP contribution < -0.4 is 11.1 Å². The molecule has 0 radical (unpaired) electrons. The lowest BCUT2D eigenvalue weighted by Gasteiger charge is -2.04. The van der Waals surface area contributed by atoms with Crippen molar-refractivity contribution in [2.75, 3.05) is 5.73 Å². The third-order valence-electron chi connectivity index (χ3n) is 2.22. The second kappa shape index (κ2) is 5.07. The van der Waals surface area contributed by atoms with Gasteiger partial charge in [-0.15, -0.1) is 0 Å². The first-order chi connectivity index (χ1) is 8.25. The van der Waals surface area contributed by atoms with Crippen LogP contribution in [0.3, 0.4) is 0 Å². The summed E-state index contributed by atoms with van der Waals surface area (Å²) in [5.41, 5.74) is 7.47. The molecule has 0 aliphatic heterocycles. The molecule has 17 heavy (non-hydrogen) atoms. The molecule has 0 fully saturated rings. The number of anilines is 1. The number of nitrogen functional groups attached to an aromatic ring is 1. The smallest absolute Gasteiger partial charge is 0.251 e. The van der Waals surface area contributed by atoms with Crippen molar-refractivity contribution in [1.82, 2.24) is 15.3 Å². The minimum absolute atomic E-state index is 0.157. The van der Waals surface area contributed by atoms with Gasteiger partial charge in [-0.2, -0.15) is 0 Å². The van der Waals surface area contributed by atoms with E-state index in [9.17, 15) is 4.79 Å². The van der Waals surface area contributed by atoms with Crippen LogP contribution in [0.15, 0.2) is 42.9 Å². The summed E-state index contributed by atoms with van der Waals surface area (Å²) in [4.78, 5) is 19.7. The average Bonchev–Trinajstić information content (AvgIpc) is 2.38. The van der Waals surface area contributed by atoms with Crippen molar-refractivity contribution in [1.29, 1.82) is 0 Å². The molecule has 0 aliphatic rings. The standard InChI is InChI=1S/C12H12N4O/c13-10-3-1-9(2-4-10)12(17)16-8-11-7-14-5-6-15-11/h1-7H,8,13H2,(H,16,17). The zero-order chi connectivity index (χ0) is 12.1. The summed E-state index contributed by atoms with van der Waals surface area (Å²) in [5, 5.41) is 2.75. The van der Waals surface area contributed by atoms with Gasteiger partial charge in [0.15, 0.2) is 0 Å². The van der Waals surface area contributed by atoms with Gasteiger partial charge in [0.1, 0.15) is 0 Å². The minimum Gasteiger partial charge on any atom is -0.399 e. The van der Waals surface area contributed by atoms with Crippen LogP contribution in [0.2, 0.25) is 0 Å². The van der Waals surface area contributed by atoms with Crippen LogP contribution in [0.5, 0.6) is 0 Å². The lowest BCUT2D eigenvalue weighted by atomic mass is 10.2. The van der Waals surface area contributed by atoms with E-state index < -0.39 is 0 Å². The highest BCUT2D eigenvalue weighted by molar-refractivity contribution is 5.94. The number of nitrogens with two attached hydrogens (primary N) is 1. The number of benzene rings is 1. The molecular formula is C12H12N4O. The first kappa shape index (κ1) is 11.1. The number of nitrogens with one attached hydrogen (secondary N) is 1. The molecule has 5 heteroatoms. The first-order valence-electron chi connectivity index (χ1n) is 5.14. The zero-order valence-electron chi connectivity index (χ0n) is 9.13. The topological polar surface area (TPSA) is 80.9 Å². The number of rotatable bonds is 3. The maximum Gasteiger partial charge on any atom is 0.251 e. The van der Waals surface area contributed by atoms with E-state index in [1.54, 1.807) is 42.9 Å². The molecule has 1 aromatic heterocycles. The Balaban J connectivity index is 1.96. The summed E-state index contributed by atoms with van der Waals surface area (Å²) in [6.45, 7) is 0.358. The van der Waals surface area contributed by atoms with Crippen LogP contribution in [0.25, 0.3) is 0 Å². The molecule has 0 aliphatic carbocycles. The van der Waals surface area contributed by atoms with Gasteiger partial charge in [0, 0.05) is 23.6 Å². The van der Waals surface area contributed by atoms with Gasteiger partial charge in [-0.1, -0.05) is 0 Å². The molecule has 2 rings (SSSR count). The van der Waals surface area contributed by atoms with Gasteiger partial charge in [-0.25, -0.2) is 0 Å². The Labute approximate surface area is 98.7 Å². The Morgan fingerprint density at radius 2 is 2.00 bits per heavy atom. The molecule has 1 heterocycles. The third-order valence-corrected chi connectivity index (χ3v) is 2.22. The molecule has 0 bridgehead atoms. The largest absolute Gasteiger partial charge is 0.399 e. The fourth-order valence-electron chi connectivity index (χ4n) is 1.33. The molecular weight excluding hydrogens is 216 g/mol. The summed E-state index contributed by atoms with van der Waals surface area (Å²) in [5.74, 6) is -0.157. The van der Waals surface area contributed by atoms with E-state index >= 15 is 0 Å². The maximum atomic E-state index is 11.7. The van der Waals surface area contributed by atoms with Crippen LogP contribution in [-0.4, -0.2) is 15.9 Å². The second-order valence-corrected chi connectivity index (χ2v) is 3.50. The Kier molecular flexibility index (Phi) is 3.30. The number of nitrogens with zero attached hydrogens (tertiary/aromatic N) is 2. The molecule has 1 amide bonds. The summed E-state index contributed by atoms with van der Waals surface area (Å²) in [6, 6.07) is 6.75. The van der Waals surface area contributed by atoms with Gasteiger partial charge in [0.2, 0.25) is 0 Å². The zero-order valence-corrected chi connectivity index (χ0v) is 9.13. The molecule has 2 aromatic rings. The molecule has 0 saturated carbocycles. The second-order valence-electron chi connectivity index (χ2n) is 3.50. The van der Waals surface area contributed by atoms with Crippen LogP contribution in [0, 0.1) is 0 Å². The van der Waals surface area contributed by atoms with Gasteiger partial charge in [-0.3, -0.25) is 14.8 Å². The maximum absolute atomic E-state index is 11.7. The van der Waals surface area contributed by atoms with Gasteiger partial charge in [0.05, 0.1) is 18.4 Å². The Hall–Kier alpha value is -2.43. The number of carbonyl (C=O) groups excluding carboxylic acids is 1. The van der Waals surface area contributed by atoms with E-state index in [1.165, 1.54) is 0 Å². The van der Waals surface area contributed by atoms with Crippen LogP contribution in [0.1, 0.15) is 16.1 Å². The summed E-state index contributed by atoms with van der Waals surface area (Å²) >= 11 is 0. The lowest BCUT2D eigenvalue weighted by molar-refractivity contribution is 0.0950. The number of amides is 1. The summed E-state index contributed by atoms with van der Waals surface area (Å²) < 4.78 is 0. The normalized spacial score (nSPS) is 9.88.